The van der Waals surface area contributed by atoms with Crippen LogP contribution in [0.2, 0.25) is 10.0 Å². The van der Waals surface area contributed by atoms with E-state index in [1.165, 1.54) is 5.56 Å². The third kappa shape index (κ3) is 5.69. The van der Waals surface area contributed by atoms with Gasteiger partial charge in [0.1, 0.15) is 5.75 Å². The van der Waals surface area contributed by atoms with Crippen molar-refractivity contribution in [2.24, 2.45) is 0 Å². The van der Waals surface area contributed by atoms with Gasteiger partial charge >= 0.3 is 5.97 Å². The Morgan fingerprint density at radius 1 is 1.00 bits per heavy atom. The lowest BCUT2D eigenvalue weighted by molar-refractivity contribution is 0.0526. The number of hydrogen-bond donors (Lipinski definition) is 0. The average molecular weight is 515 g/mol. The van der Waals surface area contributed by atoms with Crippen LogP contribution in [-0.2, 0) is 23.5 Å². The van der Waals surface area contributed by atoms with Crippen LogP contribution in [-0.4, -0.2) is 29.2 Å². The molecule has 1 aromatic heterocycles. The molecule has 0 amide bonds. The van der Waals surface area contributed by atoms with Gasteiger partial charge in [-0.25, -0.2) is 9.78 Å². The number of ether oxygens (including phenoxy) is 2. The van der Waals surface area contributed by atoms with E-state index in [4.69, 9.17) is 37.7 Å². The number of imidazole rings is 1. The van der Waals surface area contributed by atoms with Gasteiger partial charge in [0, 0.05) is 12.3 Å². The van der Waals surface area contributed by atoms with E-state index >= 15 is 0 Å². The van der Waals surface area contributed by atoms with E-state index in [0.29, 0.717) is 28.0 Å². The van der Waals surface area contributed by atoms with Crippen LogP contribution >= 0.6 is 35.0 Å². The van der Waals surface area contributed by atoms with Gasteiger partial charge in [-0.2, -0.15) is 0 Å². The summed E-state index contributed by atoms with van der Waals surface area (Å²) in [6, 6.07) is 19.2. The summed E-state index contributed by atoms with van der Waals surface area (Å²) in [5, 5.41) is 1.94. The number of hydrogen-bond acceptors (Lipinski definition) is 5. The van der Waals surface area contributed by atoms with E-state index in [2.05, 4.69) is 16.7 Å². The summed E-state index contributed by atoms with van der Waals surface area (Å²) in [4.78, 5) is 17.1. The van der Waals surface area contributed by atoms with Crippen molar-refractivity contribution >= 4 is 52.0 Å². The number of fused-ring (bicyclic) bond motifs is 1. The molecule has 176 valence electrons. The molecular formula is C26H24Cl2N2O3S. The maximum absolute atomic E-state index is 12.2. The van der Waals surface area contributed by atoms with Crippen LogP contribution in [0.4, 0.5) is 0 Å². The highest BCUT2D eigenvalue weighted by molar-refractivity contribution is 7.98. The van der Waals surface area contributed by atoms with Gasteiger partial charge < -0.3 is 14.0 Å². The predicted molar refractivity (Wildman–Crippen MR) is 138 cm³/mol. The molecule has 3 aromatic carbocycles. The molecular weight excluding hydrogens is 491 g/mol. The molecule has 0 N–H and O–H groups in total. The molecule has 4 aromatic rings. The summed E-state index contributed by atoms with van der Waals surface area (Å²) >= 11 is 13.9. The van der Waals surface area contributed by atoms with E-state index in [1.54, 1.807) is 44.0 Å². The number of thioether (sulfide) groups is 1. The molecule has 0 spiro atoms. The molecule has 0 saturated carbocycles. The second kappa shape index (κ2) is 11.2. The van der Waals surface area contributed by atoms with Crippen molar-refractivity contribution in [1.29, 1.82) is 0 Å². The standard InChI is InChI=1S/C26H24Cl2N2O3S/c1-3-33-25(31)19-7-11-24-23(15-19)29-26(34-16-18-6-10-21(27)22(28)14-18)30(24)13-12-17-4-8-20(32-2)9-5-17/h4-11,14-15H,3,12-13,16H2,1-2H3. The van der Waals surface area contributed by atoms with Crippen molar-refractivity contribution in [3.63, 3.8) is 0 Å². The smallest absolute Gasteiger partial charge is 0.338 e. The summed E-state index contributed by atoms with van der Waals surface area (Å²) in [5.74, 6) is 1.18. The van der Waals surface area contributed by atoms with Crippen LogP contribution in [0.15, 0.2) is 65.8 Å². The maximum Gasteiger partial charge on any atom is 0.338 e. The van der Waals surface area contributed by atoms with Gasteiger partial charge in [-0.15, -0.1) is 0 Å². The Morgan fingerprint density at radius 3 is 2.47 bits per heavy atom. The fourth-order valence-corrected chi connectivity index (χ4v) is 4.89. The molecule has 8 heteroatoms. The fourth-order valence-electron chi connectivity index (χ4n) is 3.59. The third-order valence-corrected chi connectivity index (χ3v) is 7.15. The first kappa shape index (κ1) is 24.5. The second-order valence-electron chi connectivity index (χ2n) is 7.61. The van der Waals surface area contributed by atoms with E-state index < -0.39 is 0 Å². The van der Waals surface area contributed by atoms with Gasteiger partial charge in [0.2, 0.25) is 0 Å². The number of aromatic nitrogens is 2. The Morgan fingerprint density at radius 2 is 1.76 bits per heavy atom. The highest BCUT2D eigenvalue weighted by atomic mass is 35.5. The lowest BCUT2D eigenvalue weighted by Crippen LogP contribution is -2.05. The summed E-state index contributed by atoms with van der Waals surface area (Å²) in [6.07, 6.45) is 0.829. The number of aryl methyl sites for hydroxylation is 2. The lowest BCUT2D eigenvalue weighted by Gasteiger charge is -2.10. The molecule has 0 fully saturated rings. The zero-order chi connectivity index (χ0) is 24.1. The first-order chi connectivity index (χ1) is 16.5. The molecule has 0 saturated heterocycles. The first-order valence-electron chi connectivity index (χ1n) is 10.9. The largest absolute Gasteiger partial charge is 0.497 e. The molecule has 0 atom stereocenters. The van der Waals surface area contributed by atoms with Crippen LogP contribution < -0.4 is 4.74 Å². The van der Waals surface area contributed by atoms with Gasteiger partial charge in [-0.1, -0.05) is 53.2 Å². The Hall–Kier alpha value is -2.67. The van der Waals surface area contributed by atoms with Crippen molar-refractivity contribution in [2.75, 3.05) is 13.7 Å². The van der Waals surface area contributed by atoms with Gasteiger partial charge in [0.05, 0.1) is 40.4 Å². The highest BCUT2D eigenvalue weighted by Crippen LogP contribution is 2.30. The van der Waals surface area contributed by atoms with Gasteiger partial charge in [0.25, 0.3) is 0 Å². The molecule has 0 aliphatic heterocycles. The first-order valence-corrected chi connectivity index (χ1v) is 12.6. The molecule has 5 nitrogen and oxygen atoms in total. The normalized spacial score (nSPS) is 11.1. The molecule has 0 aliphatic carbocycles. The average Bonchev–Trinajstić information content (AvgIpc) is 3.20. The summed E-state index contributed by atoms with van der Waals surface area (Å²) in [7, 11) is 1.66. The SMILES string of the molecule is CCOC(=O)c1ccc2c(c1)nc(SCc1ccc(Cl)c(Cl)c1)n2CCc1ccc(OC)cc1. The van der Waals surface area contributed by atoms with Crippen molar-refractivity contribution in [3.05, 3.63) is 87.4 Å². The molecule has 1 heterocycles. The fraction of sp³-hybridized carbons (Fsp3) is 0.231. The monoisotopic (exact) mass is 514 g/mol. The van der Waals surface area contributed by atoms with Crippen molar-refractivity contribution in [2.45, 2.75) is 30.8 Å². The number of carbonyl (C=O) groups excluding carboxylic acids is 1. The van der Waals surface area contributed by atoms with Gasteiger partial charge in [-0.05, 0) is 66.9 Å². The lowest BCUT2D eigenvalue weighted by atomic mass is 10.1. The van der Waals surface area contributed by atoms with Crippen LogP contribution in [0.25, 0.3) is 11.0 Å². The zero-order valence-corrected chi connectivity index (χ0v) is 21.2. The number of rotatable bonds is 9. The summed E-state index contributed by atoms with van der Waals surface area (Å²) in [6.45, 7) is 2.87. The van der Waals surface area contributed by atoms with E-state index in [0.717, 1.165) is 40.5 Å². The molecule has 0 bridgehead atoms. The minimum atomic E-state index is -0.345. The summed E-state index contributed by atoms with van der Waals surface area (Å²) < 4.78 is 12.6. The number of esters is 1. The third-order valence-electron chi connectivity index (χ3n) is 5.36. The van der Waals surface area contributed by atoms with Crippen molar-refractivity contribution < 1.29 is 14.3 Å². The van der Waals surface area contributed by atoms with Gasteiger partial charge in [-0.3, -0.25) is 0 Å². The molecule has 0 aliphatic rings. The topological polar surface area (TPSA) is 53.3 Å². The van der Waals surface area contributed by atoms with Crippen LogP contribution in [0, 0.1) is 0 Å². The quantitative estimate of drug-likeness (QED) is 0.176. The Balaban J connectivity index is 1.62. The molecule has 4 rings (SSSR count). The Labute approximate surface area is 213 Å². The zero-order valence-electron chi connectivity index (χ0n) is 18.9. The Bertz CT molecular complexity index is 1310. The van der Waals surface area contributed by atoms with E-state index in [1.807, 2.05) is 30.3 Å². The second-order valence-corrected chi connectivity index (χ2v) is 9.36. The highest BCUT2D eigenvalue weighted by Gasteiger charge is 2.15. The minimum absolute atomic E-state index is 0.331. The number of carbonyl (C=O) groups is 1. The van der Waals surface area contributed by atoms with Crippen LogP contribution in [0.3, 0.4) is 0 Å². The van der Waals surface area contributed by atoms with Crippen LogP contribution in [0.5, 0.6) is 5.75 Å². The van der Waals surface area contributed by atoms with E-state index in [-0.39, 0.29) is 5.97 Å². The number of benzene rings is 3. The van der Waals surface area contributed by atoms with Crippen molar-refractivity contribution in [3.8, 4) is 5.75 Å². The maximum atomic E-state index is 12.2. The molecule has 0 unspecified atom stereocenters. The summed E-state index contributed by atoms with van der Waals surface area (Å²) in [5.41, 5.74) is 4.48. The molecule has 0 radical (unpaired) electrons. The van der Waals surface area contributed by atoms with E-state index in [9.17, 15) is 4.79 Å². The van der Waals surface area contributed by atoms with Crippen LogP contribution in [0.1, 0.15) is 28.4 Å². The number of halogens is 2. The molecule has 34 heavy (non-hydrogen) atoms. The number of methoxy groups -OCH3 is 1. The van der Waals surface area contributed by atoms with Crippen molar-refractivity contribution in [1.82, 2.24) is 9.55 Å². The number of nitrogens with zero attached hydrogens (tertiary/aromatic N) is 2. The predicted octanol–water partition coefficient (Wildman–Crippen LogP) is 7.06. The Kier molecular flexibility index (Phi) is 8.03. The minimum Gasteiger partial charge on any atom is -0.497 e. The van der Waals surface area contributed by atoms with Gasteiger partial charge in [0.15, 0.2) is 5.16 Å².